The summed E-state index contributed by atoms with van der Waals surface area (Å²) in [6.45, 7) is 8.87. The molecular weight excluding hydrogens is 587 g/mol. The zero-order valence-electron chi connectivity index (χ0n) is 26.6. The van der Waals surface area contributed by atoms with Crippen molar-refractivity contribution in [2.75, 3.05) is 25.5 Å². The number of nitrogens with one attached hydrogen (secondary N) is 1. The number of nitrogens with two attached hydrogens (primary N) is 1. The van der Waals surface area contributed by atoms with E-state index in [2.05, 4.69) is 40.8 Å². The number of aliphatic carboxylic acids is 1. The minimum Gasteiger partial charge on any atom is -0.475 e. The molecular formula is C33H42F3N5O4. The van der Waals surface area contributed by atoms with E-state index in [1.54, 1.807) is 12.4 Å². The van der Waals surface area contributed by atoms with Gasteiger partial charge in [-0.15, -0.1) is 0 Å². The summed E-state index contributed by atoms with van der Waals surface area (Å²) in [7, 11) is 4.31. The zero-order valence-corrected chi connectivity index (χ0v) is 26.6. The van der Waals surface area contributed by atoms with Crippen molar-refractivity contribution >= 4 is 17.6 Å². The number of aromatic amines is 1. The van der Waals surface area contributed by atoms with Crippen LogP contribution in [0.1, 0.15) is 70.9 Å². The van der Waals surface area contributed by atoms with Crippen LogP contribution in [0.25, 0.3) is 11.1 Å². The van der Waals surface area contributed by atoms with Gasteiger partial charge in [0.1, 0.15) is 0 Å². The monoisotopic (exact) mass is 629 g/mol. The van der Waals surface area contributed by atoms with Crippen LogP contribution < -0.4 is 16.2 Å². The molecule has 1 amide bonds. The number of benzene rings is 1. The molecule has 4 rings (SSSR count). The van der Waals surface area contributed by atoms with Crippen molar-refractivity contribution in [3.05, 3.63) is 80.5 Å². The number of rotatable bonds is 8. The maximum absolute atomic E-state index is 13.2. The molecule has 9 nitrogen and oxygen atoms in total. The molecule has 244 valence electrons. The van der Waals surface area contributed by atoms with Gasteiger partial charge in [0.25, 0.3) is 5.56 Å². The highest BCUT2D eigenvalue weighted by molar-refractivity contribution is 5.99. The lowest BCUT2D eigenvalue weighted by Gasteiger charge is -2.41. The number of nitrogens with zero attached hydrogens (tertiary/aromatic N) is 3. The van der Waals surface area contributed by atoms with Gasteiger partial charge in [0.2, 0.25) is 5.91 Å². The fraction of sp³-hybridized carbons (Fsp3) is 0.455. The Morgan fingerprint density at radius 3 is 2.04 bits per heavy atom. The third-order valence-corrected chi connectivity index (χ3v) is 8.47. The van der Waals surface area contributed by atoms with Gasteiger partial charge in [-0.3, -0.25) is 14.6 Å². The quantitative estimate of drug-likeness (QED) is 0.305. The number of aromatic nitrogens is 2. The topological polar surface area (TPSA) is 133 Å². The van der Waals surface area contributed by atoms with Crippen molar-refractivity contribution in [2.24, 2.45) is 5.73 Å². The predicted molar refractivity (Wildman–Crippen MR) is 169 cm³/mol. The first-order valence-electron chi connectivity index (χ1n) is 14.9. The van der Waals surface area contributed by atoms with E-state index >= 15 is 0 Å². The summed E-state index contributed by atoms with van der Waals surface area (Å²) in [4.78, 5) is 46.8. The molecule has 1 aliphatic carbocycles. The smallest absolute Gasteiger partial charge is 0.475 e. The zero-order chi connectivity index (χ0) is 33.6. The minimum atomic E-state index is -5.08. The number of carboxylic acid groups (broad SMARTS) is 1. The van der Waals surface area contributed by atoms with E-state index in [0.29, 0.717) is 24.1 Å². The van der Waals surface area contributed by atoms with Gasteiger partial charge in [-0.25, -0.2) is 4.79 Å². The highest BCUT2D eigenvalue weighted by Gasteiger charge is 2.38. The number of alkyl halides is 3. The third kappa shape index (κ3) is 8.50. The number of primary amides is 1. The van der Waals surface area contributed by atoms with Gasteiger partial charge in [0.15, 0.2) is 0 Å². The first kappa shape index (κ1) is 35.3. The van der Waals surface area contributed by atoms with Crippen molar-refractivity contribution in [2.45, 2.75) is 78.1 Å². The van der Waals surface area contributed by atoms with Gasteiger partial charge in [-0.2, -0.15) is 13.2 Å². The number of carboxylic acids is 1. The summed E-state index contributed by atoms with van der Waals surface area (Å²) in [5.74, 6) is -3.20. The van der Waals surface area contributed by atoms with Gasteiger partial charge < -0.3 is 25.6 Å². The number of aryl methyl sites for hydroxylation is 2. The third-order valence-electron chi connectivity index (χ3n) is 8.47. The maximum Gasteiger partial charge on any atom is 0.490 e. The first-order chi connectivity index (χ1) is 21.1. The van der Waals surface area contributed by atoms with E-state index in [1.165, 1.54) is 0 Å². The van der Waals surface area contributed by atoms with Gasteiger partial charge in [0, 0.05) is 60.0 Å². The van der Waals surface area contributed by atoms with E-state index < -0.39 is 18.1 Å². The van der Waals surface area contributed by atoms with Crippen molar-refractivity contribution < 1.29 is 27.9 Å². The molecule has 3 aromatic rings. The number of hydrogen-bond acceptors (Lipinski definition) is 6. The van der Waals surface area contributed by atoms with Gasteiger partial charge in [-0.05, 0) is 120 Å². The lowest BCUT2D eigenvalue weighted by molar-refractivity contribution is -0.192. The Balaban J connectivity index is 0.000000707. The fourth-order valence-corrected chi connectivity index (χ4v) is 6.20. The summed E-state index contributed by atoms with van der Waals surface area (Å²) in [5, 5.41) is 7.12. The molecule has 2 aromatic heterocycles. The highest BCUT2D eigenvalue weighted by Crippen LogP contribution is 2.41. The van der Waals surface area contributed by atoms with Gasteiger partial charge >= 0.3 is 12.1 Å². The summed E-state index contributed by atoms with van der Waals surface area (Å²) >= 11 is 0. The Morgan fingerprint density at radius 2 is 1.58 bits per heavy atom. The van der Waals surface area contributed by atoms with Crippen LogP contribution in [-0.4, -0.2) is 70.8 Å². The molecule has 0 radical (unpaired) electrons. The average molecular weight is 630 g/mol. The number of halogens is 3. The second-order valence-corrected chi connectivity index (χ2v) is 11.7. The van der Waals surface area contributed by atoms with Gasteiger partial charge in [-0.1, -0.05) is 0 Å². The molecule has 45 heavy (non-hydrogen) atoms. The molecule has 0 aliphatic heterocycles. The van der Waals surface area contributed by atoms with Crippen molar-refractivity contribution in [1.29, 1.82) is 0 Å². The molecule has 12 heteroatoms. The van der Waals surface area contributed by atoms with Crippen LogP contribution >= 0.6 is 0 Å². The molecule has 2 heterocycles. The van der Waals surface area contributed by atoms with E-state index in [4.69, 9.17) is 15.6 Å². The number of anilines is 1. The van der Waals surface area contributed by atoms with Crippen LogP contribution in [0.2, 0.25) is 0 Å². The fourth-order valence-electron chi connectivity index (χ4n) is 6.20. The molecule has 0 atom stereocenters. The van der Waals surface area contributed by atoms with E-state index in [0.717, 1.165) is 77.0 Å². The molecule has 0 saturated heterocycles. The Bertz CT molecular complexity index is 1560. The van der Waals surface area contributed by atoms with E-state index in [1.807, 2.05) is 45.0 Å². The van der Waals surface area contributed by atoms with Crippen LogP contribution in [-0.2, 0) is 11.2 Å². The van der Waals surface area contributed by atoms with Crippen molar-refractivity contribution in [1.82, 2.24) is 14.9 Å². The molecule has 1 saturated carbocycles. The summed E-state index contributed by atoms with van der Waals surface area (Å²) in [6, 6.07) is 8.76. The molecule has 1 aliphatic rings. The SMILES string of the molecule is CCN(c1c(C)c(C(N)=O)cc(-c2ccncc2)c1Cc1c(C)cc(C)[nH]c1=O)C1CCC(N(C)C)CC1.O=C(O)C(F)(F)F. The van der Waals surface area contributed by atoms with Gasteiger partial charge in [0.05, 0.1) is 0 Å². The number of H-pyrrole nitrogens is 1. The second-order valence-electron chi connectivity index (χ2n) is 11.7. The Hall–Kier alpha value is -4.19. The summed E-state index contributed by atoms with van der Waals surface area (Å²) in [5.41, 5.74) is 13.8. The maximum atomic E-state index is 13.2. The highest BCUT2D eigenvalue weighted by atomic mass is 19.4. The van der Waals surface area contributed by atoms with Crippen LogP contribution in [0, 0.1) is 20.8 Å². The standard InChI is InChI=1S/C31H41N5O2.C2HF3O2/c1-7-36(24-10-8-23(9-11-24)35(5)6)29-21(4)26(30(32)37)18-27(22-12-14-33-15-13-22)28(29)17-25-19(2)16-20(3)34-31(25)38;3-2(4,5)1(6)7/h12-16,18,23-24H,7-11,17H2,1-6H3,(H2,32,37)(H,34,38);(H,6,7). The largest absolute Gasteiger partial charge is 0.490 e. The lowest BCUT2D eigenvalue weighted by Crippen LogP contribution is -2.43. The first-order valence-corrected chi connectivity index (χ1v) is 14.9. The second kappa shape index (κ2) is 14.7. The summed E-state index contributed by atoms with van der Waals surface area (Å²) in [6.07, 6.45) is 3.30. The number of pyridine rings is 2. The Morgan fingerprint density at radius 1 is 1.02 bits per heavy atom. The Kier molecular flexibility index (Phi) is 11.5. The van der Waals surface area contributed by atoms with Crippen molar-refractivity contribution in [3.8, 4) is 11.1 Å². The lowest BCUT2D eigenvalue weighted by atomic mass is 9.85. The number of amides is 1. The van der Waals surface area contributed by atoms with Crippen molar-refractivity contribution in [3.63, 3.8) is 0 Å². The van der Waals surface area contributed by atoms with Crippen LogP contribution in [0.15, 0.2) is 41.5 Å². The Labute approximate surface area is 261 Å². The molecule has 0 unspecified atom stereocenters. The predicted octanol–water partition coefficient (Wildman–Crippen LogP) is 5.38. The molecule has 0 spiro atoms. The summed E-state index contributed by atoms with van der Waals surface area (Å²) < 4.78 is 31.7. The molecule has 0 bridgehead atoms. The molecule has 1 fully saturated rings. The molecule has 1 aromatic carbocycles. The average Bonchev–Trinajstić information content (AvgIpc) is 2.96. The minimum absolute atomic E-state index is 0.0692. The normalized spacial score (nSPS) is 16.6. The number of carbonyl (C=O) groups excluding carboxylic acids is 1. The van der Waals surface area contributed by atoms with E-state index in [-0.39, 0.29) is 5.56 Å². The number of carbonyl (C=O) groups is 2. The number of hydrogen-bond donors (Lipinski definition) is 3. The molecule has 4 N–H and O–H groups in total. The van der Waals surface area contributed by atoms with Crippen LogP contribution in [0.3, 0.4) is 0 Å². The van der Waals surface area contributed by atoms with Crippen LogP contribution in [0.4, 0.5) is 18.9 Å². The van der Waals surface area contributed by atoms with E-state index in [9.17, 15) is 22.8 Å². The van der Waals surface area contributed by atoms with Crippen LogP contribution in [0.5, 0.6) is 0 Å².